The zero-order valence-corrected chi connectivity index (χ0v) is 18.5. The van der Waals surface area contributed by atoms with Crippen molar-refractivity contribution in [3.05, 3.63) is 71.7 Å². The molecule has 0 unspecified atom stereocenters. The molecule has 0 radical (unpaired) electrons. The average molecular weight is 451 g/mol. The van der Waals surface area contributed by atoms with E-state index in [1.54, 1.807) is 12.1 Å². The third kappa shape index (κ3) is 5.31. The van der Waals surface area contributed by atoms with E-state index in [1.807, 2.05) is 47.1 Å². The van der Waals surface area contributed by atoms with Crippen molar-refractivity contribution in [2.75, 3.05) is 48.3 Å². The predicted octanol–water partition coefficient (Wildman–Crippen LogP) is 2.85. The van der Waals surface area contributed by atoms with Crippen molar-refractivity contribution in [2.24, 2.45) is 0 Å². The van der Waals surface area contributed by atoms with E-state index in [1.165, 1.54) is 12.3 Å². The Hall–Kier alpha value is -3.88. The van der Waals surface area contributed by atoms with Gasteiger partial charge in [0, 0.05) is 38.9 Å². The number of carbonyl (C=O) groups is 1. The lowest BCUT2D eigenvalue weighted by Crippen LogP contribution is -2.47. The number of nitrogen functional groups attached to an aromatic ring is 1. The number of amides is 1. The van der Waals surface area contributed by atoms with Crippen LogP contribution in [0.5, 0.6) is 5.75 Å². The Morgan fingerprint density at radius 1 is 1.09 bits per heavy atom. The van der Waals surface area contributed by atoms with E-state index < -0.39 is 0 Å². The molecule has 1 saturated heterocycles. The summed E-state index contributed by atoms with van der Waals surface area (Å²) in [6.07, 6.45) is 1.45. The second-order valence-corrected chi connectivity index (χ2v) is 7.65. The van der Waals surface area contributed by atoms with Crippen LogP contribution in [-0.4, -0.2) is 48.7 Å². The van der Waals surface area contributed by atoms with E-state index in [2.05, 4.69) is 15.3 Å². The summed E-state index contributed by atoms with van der Waals surface area (Å²) in [5.74, 6) is 0.810. The molecule has 3 N–H and O–H groups in total. The van der Waals surface area contributed by atoms with Gasteiger partial charge in [-0.25, -0.2) is 9.37 Å². The largest absolute Gasteiger partial charge is 0.494 e. The first-order chi connectivity index (χ1) is 16.0. The van der Waals surface area contributed by atoms with Gasteiger partial charge in [-0.05, 0) is 36.8 Å². The topological polar surface area (TPSA) is 96.6 Å². The number of halogens is 1. The van der Waals surface area contributed by atoms with Crippen LogP contribution < -0.4 is 25.6 Å². The van der Waals surface area contributed by atoms with Crippen LogP contribution in [0.4, 0.5) is 21.8 Å². The molecule has 33 heavy (non-hydrogen) atoms. The van der Waals surface area contributed by atoms with Gasteiger partial charge in [0.25, 0.3) is 5.91 Å². The number of nitrogens with two attached hydrogens (primary N) is 1. The summed E-state index contributed by atoms with van der Waals surface area (Å²) in [4.78, 5) is 25.2. The van der Waals surface area contributed by atoms with Crippen LogP contribution in [0.25, 0.3) is 0 Å². The molecule has 1 aliphatic heterocycles. The summed E-state index contributed by atoms with van der Waals surface area (Å²) >= 11 is 0. The summed E-state index contributed by atoms with van der Waals surface area (Å²) in [7, 11) is 0. The average Bonchev–Trinajstić information content (AvgIpc) is 2.84. The number of ether oxygens (including phenoxy) is 1. The van der Waals surface area contributed by atoms with E-state index in [4.69, 9.17) is 10.5 Å². The summed E-state index contributed by atoms with van der Waals surface area (Å²) < 4.78 is 19.5. The highest BCUT2D eigenvalue weighted by Crippen LogP contribution is 2.22. The first kappa shape index (κ1) is 22.3. The van der Waals surface area contributed by atoms with Crippen molar-refractivity contribution >= 4 is 23.4 Å². The lowest BCUT2D eigenvalue weighted by Gasteiger charge is -2.36. The lowest BCUT2D eigenvalue weighted by molar-refractivity contribution is 0.0951. The minimum absolute atomic E-state index is 0.126. The van der Waals surface area contributed by atoms with Crippen LogP contribution in [-0.2, 0) is 6.54 Å². The molecule has 0 atom stereocenters. The van der Waals surface area contributed by atoms with Crippen molar-refractivity contribution < 1.29 is 13.9 Å². The smallest absolute Gasteiger partial charge is 0.256 e. The molecule has 1 aromatic heterocycles. The molecular formula is C24H27FN6O2. The molecule has 8 nitrogen and oxygen atoms in total. The molecule has 3 aromatic rings. The molecule has 2 heterocycles. The Bertz CT molecular complexity index is 1100. The second-order valence-electron chi connectivity index (χ2n) is 7.65. The van der Waals surface area contributed by atoms with Crippen LogP contribution in [0.2, 0.25) is 0 Å². The number of carbonyl (C=O) groups excluding carboxylic acids is 1. The Balaban J connectivity index is 1.34. The highest BCUT2D eigenvalue weighted by Gasteiger charge is 2.22. The summed E-state index contributed by atoms with van der Waals surface area (Å²) in [5.41, 5.74) is 7.84. The van der Waals surface area contributed by atoms with Crippen LogP contribution in [0, 0.1) is 5.82 Å². The standard InChI is InChI=1S/C24H27FN6O2/c1-2-33-18-9-7-17(8-10-18)15-27-23(32)19-16-28-24(29-22(19)26)31-13-11-30(12-14-31)21-6-4-3-5-20(21)25/h3-10,16H,2,11-15H2,1H3,(H,27,32)(H2,26,28,29). The number of hydrogen-bond donors (Lipinski definition) is 2. The van der Waals surface area contributed by atoms with E-state index >= 15 is 0 Å². The van der Waals surface area contributed by atoms with E-state index in [0.717, 1.165) is 11.3 Å². The van der Waals surface area contributed by atoms with Crippen molar-refractivity contribution in [3.8, 4) is 5.75 Å². The number of nitrogens with zero attached hydrogens (tertiary/aromatic N) is 4. The molecule has 1 amide bonds. The molecule has 172 valence electrons. The zero-order chi connectivity index (χ0) is 23.2. The number of nitrogens with one attached hydrogen (secondary N) is 1. The maximum Gasteiger partial charge on any atom is 0.256 e. The fourth-order valence-corrected chi connectivity index (χ4v) is 3.72. The number of para-hydroxylation sites is 1. The third-order valence-corrected chi connectivity index (χ3v) is 5.49. The van der Waals surface area contributed by atoms with Crippen LogP contribution in [0.3, 0.4) is 0 Å². The fourth-order valence-electron chi connectivity index (χ4n) is 3.72. The monoisotopic (exact) mass is 450 g/mol. The van der Waals surface area contributed by atoms with E-state index in [0.29, 0.717) is 51.0 Å². The van der Waals surface area contributed by atoms with E-state index in [9.17, 15) is 9.18 Å². The number of rotatable bonds is 7. The van der Waals surface area contributed by atoms with Gasteiger partial charge in [-0.3, -0.25) is 4.79 Å². The van der Waals surface area contributed by atoms with Crippen LogP contribution >= 0.6 is 0 Å². The van der Waals surface area contributed by atoms with Crippen LogP contribution in [0.1, 0.15) is 22.8 Å². The first-order valence-electron chi connectivity index (χ1n) is 10.9. The maximum absolute atomic E-state index is 14.0. The van der Waals surface area contributed by atoms with Crippen LogP contribution in [0.15, 0.2) is 54.7 Å². The molecule has 0 spiro atoms. The van der Waals surface area contributed by atoms with Crippen molar-refractivity contribution in [1.82, 2.24) is 15.3 Å². The van der Waals surface area contributed by atoms with Gasteiger partial charge in [-0.2, -0.15) is 4.98 Å². The Kier molecular flexibility index (Phi) is 6.87. The highest BCUT2D eigenvalue weighted by molar-refractivity contribution is 5.98. The Morgan fingerprint density at radius 3 is 2.45 bits per heavy atom. The van der Waals surface area contributed by atoms with E-state index in [-0.39, 0.29) is 23.1 Å². The van der Waals surface area contributed by atoms with Crippen molar-refractivity contribution in [2.45, 2.75) is 13.5 Å². The Morgan fingerprint density at radius 2 is 1.79 bits per heavy atom. The van der Waals surface area contributed by atoms with Gasteiger partial charge in [0.05, 0.1) is 17.9 Å². The zero-order valence-electron chi connectivity index (χ0n) is 18.5. The fraction of sp³-hybridized carbons (Fsp3) is 0.292. The molecule has 0 aliphatic carbocycles. The molecule has 2 aromatic carbocycles. The van der Waals surface area contributed by atoms with Gasteiger partial charge in [0.2, 0.25) is 5.95 Å². The predicted molar refractivity (Wildman–Crippen MR) is 126 cm³/mol. The van der Waals surface area contributed by atoms with Gasteiger partial charge >= 0.3 is 0 Å². The minimum Gasteiger partial charge on any atom is -0.494 e. The number of anilines is 3. The second kappa shape index (κ2) is 10.2. The quantitative estimate of drug-likeness (QED) is 0.571. The van der Waals surface area contributed by atoms with Crippen molar-refractivity contribution in [1.29, 1.82) is 0 Å². The number of aromatic nitrogens is 2. The van der Waals surface area contributed by atoms with Gasteiger partial charge in [-0.15, -0.1) is 0 Å². The Labute approximate surface area is 192 Å². The first-order valence-corrected chi connectivity index (χ1v) is 10.9. The lowest BCUT2D eigenvalue weighted by atomic mass is 10.2. The summed E-state index contributed by atoms with van der Waals surface area (Å²) in [5, 5.41) is 2.84. The molecule has 0 saturated carbocycles. The number of hydrogen-bond acceptors (Lipinski definition) is 7. The van der Waals surface area contributed by atoms with Gasteiger partial charge in [0.1, 0.15) is 17.4 Å². The molecule has 1 fully saturated rings. The summed E-state index contributed by atoms with van der Waals surface area (Å²) in [6, 6.07) is 14.3. The minimum atomic E-state index is -0.336. The number of piperazine rings is 1. The normalized spacial score (nSPS) is 13.6. The third-order valence-electron chi connectivity index (χ3n) is 5.49. The number of benzene rings is 2. The van der Waals surface area contributed by atoms with Gasteiger partial charge in [0.15, 0.2) is 0 Å². The SMILES string of the molecule is CCOc1ccc(CNC(=O)c2cnc(N3CCN(c4ccccc4F)CC3)nc2N)cc1. The highest BCUT2D eigenvalue weighted by atomic mass is 19.1. The molecule has 9 heteroatoms. The van der Waals surface area contributed by atoms with Crippen molar-refractivity contribution in [3.63, 3.8) is 0 Å². The van der Waals surface area contributed by atoms with Gasteiger partial charge < -0.3 is 25.6 Å². The summed E-state index contributed by atoms with van der Waals surface area (Å²) in [6.45, 7) is 5.39. The molecule has 4 rings (SSSR count). The molecule has 1 aliphatic rings. The maximum atomic E-state index is 14.0. The van der Waals surface area contributed by atoms with Gasteiger partial charge in [-0.1, -0.05) is 24.3 Å². The molecular weight excluding hydrogens is 423 g/mol. The molecule has 0 bridgehead atoms.